The molecule has 0 saturated heterocycles. The van der Waals surface area contributed by atoms with Crippen molar-refractivity contribution >= 4 is 22.5 Å². The van der Waals surface area contributed by atoms with Crippen molar-refractivity contribution in [3.8, 4) is 11.3 Å². The number of nitrogens with one attached hydrogen (secondary N) is 2. The molecule has 0 aliphatic heterocycles. The van der Waals surface area contributed by atoms with E-state index in [1.54, 1.807) is 12.1 Å². The first kappa shape index (κ1) is 16.8. The summed E-state index contributed by atoms with van der Waals surface area (Å²) in [6.45, 7) is 1.80. The van der Waals surface area contributed by atoms with Gasteiger partial charge in [0.1, 0.15) is 17.8 Å². The minimum absolute atomic E-state index is 0.0595. The van der Waals surface area contributed by atoms with Crippen LogP contribution in [-0.2, 0) is 0 Å². The average Bonchev–Trinajstić information content (AvgIpc) is 3.03. The summed E-state index contributed by atoms with van der Waals surface area (Å²) in [5.74, 6) is 0.761. The van der Waals surface area contributed by atoms with Crippen LogP contribution in [0.5, 0.6) is 0 Å². The summed E-state index contributed by atoms with van der Waals surface area (Å²) in [5.41, 5.74) is 2.28. The molecule has 8 heteroatoms. The fourth-order valence-corrected chi connectivity index (χ4v) is 2.63. The third-order valence-corrected chi connectivity index (χ3v) is 3.87. The summed E-state index contributed by atoms with van der Waals surface area (Å²) in [6, 6.07) is 8.44. The van der Waals surface area contributed by atoms with Crippen LogP contribution in [0.2, 0.25) is 0 Å². The van der Waals surface area contributed by atoms with Gasteiger partial charge in [0, 0.05) is 29.9 Å². The van der Waals surface area contributed by atoms with Crippen LogP contribution < -0.4 is 5.32 Å². The van der Waals surface area contributed by atoms with E-state index in [9.17, 15) is 10.1 Å². The van der Waals surface area contributed by atoms with E-state index >= 15 is 0 Å². The minimum Gasteiger partial charge on any atom is -0.369 e. The van der Waals surface area contributed by atoms with Crippen LogP contribution in [-0.4, -0.2) is 52.0 Å². The van der Waals surface area contributed by atoms with E-state index in [1.807, 2.05) is 26.2 Å². The average molecular weight is 340 g/mol. The highest BCUT2D eigenvalue weighted by molar-refractivity contribution is 5.91. The number of H-pyrrole nitrogens is 1. The first-order chi connectivity index (χ1) is 12.0. The quantitative estimate of drug-likeness (QED) is 0.390. The predicted molar refractivity (Wildman–Crippen MR) is 97.6 cm³/mol. The van der Waals surface area contributed by atoms with Crippen LogP contribution in [0, 0.1) is 10.1 Å². The minimum atomic E-state index is -0.399. The van der Waals surface area contributed by atoms with Crippen LogP contribution in [0.1, 0.15) is 6.42 Å². The number of benzene rings is 1. The van der Waals surface area contributed by atoms with E-state index in [2.05, 4.69) is 25.2 Å². The third kappa shape index (κ3) is 3.92. The Balaban J connectivity index is 1.86. The number of nitrogens with zero attached hydrogens (tertiary/aromatic N) is 4. The summed E-state index contributed by atoms with van der Waals surface area (Å²) in [7, 11) is 4.08. The van der Waals surface area contributed by atoms with Crippen LogP contribution in [0.25, 0.3) is 22.3 Å². The molecule has 3 aromatic rings. The van der Waals surface area contributed by atoms with Gasteiger partial charge < -0.3 is 15.2 Å². The van der Waals surface area contributed by atoms with Crippen LogP contribution in [0.3, 0.4) is 0 Å². The zero-order chi connectivity index (χ0) is 17.8. The lowest BCUT2D eigenvalue weighted by atomic mass is 10.1. The molecule has 3 rings (SSSR count). The van der Waals surface area contributed by atoms with Gasteiger partial charge in [-0.3, -0.25) is 10.1 Å². The number of nitro benzene ring substituents is 1. The smallest absolute Gasteiger partial charge is 0.270 e. The topological polar surface area (TPSA) is 100.0 Å². The van der Waals surface area contributed by atoms with Gasteiger partial charge in [-0.05, 0) is 33.1 Å². The molecule has 0 unspecified atom stereocenters. The standard InChI is InChI=1S/C17H20N6O2/c1-22(2)8-4-7-18-16-14-10-15(21-17(14)20-11-19-16)12-5-3-6-13(9-12)23(24)25/h3,5-6,9-11H,4,7-8H2,1-2H3,(H2,18,19,20,21). The maximum absolute atomic E-state index is 11.0. The van der Waals surface area contributed by atoms with Crippen molar-refractivity contribution < 1.29 is 4.92 Å². The monoisotopic (exact) mass is 340 g/mol. The number of aromatic nitrogens is 3. The summed E-state index contributed by atoms with van der Waals surface area (Å²) in [6.07, 6.45) is 2.50. The van der Waals surface area contributed by atoms with E-state index in [4.69, 9.17) is 0 Å². The Bertz CT molecular complexity index is 890. The molecule has 8 nitrogen and oxygen atoms in total. The Morgan fingerprint density at radius 3 is 2.88 bits per heavy atom. The summed E-state index contributed by atoms with van der Waals surface area (Å²) in [5, 5.41) is 15.2. The molecule has 0 spiro atoms. The molecular formula is C17H20N6O2. The van der Waals surface area contributed by atoms with Gasteiger partial charge in [-0.15, -0.1) is 0 Å². The van der Waals surface area contributed by atoms with E-state index in [0.29, 0.717) is 5.65 Å². The number of nitro groups is 1. The molecule has 2 N–H and O–H groups in total. The SMILES string of the molecule is CN(C)CCCNc1ncnc2[nH]c(-c3cccc([N+](=O)[O-])c3)cc12. The molecule has 0 radical (unpaired) electrons. The summed E-state index contributed by atoms with van der Waals surface area (Å²) in [4.78, 5) is 24.5. The molecule has 2 aromatic heterocycles. The zero-order valence-corrected chi connectivity index (χ0v) is 14.2. The second-order valence-electron chi connectivity index (χ2n) is 6.06. The molecule has 0 atom stereocenters. The second-order valence-corrected chi connectivity index (χ2v) is 6.06. The zero-order valence-electron chi connectivity index (χ0n) is 14.2. The number of non-ortho nitro benzene ring substituents is 1. The number of anilines is 1. The Kier molecular flexibility index (Phi) is 4.90. The molecule has 130 valence electrons. The van der Waals surface area contributed by atoms with Crippen molar-refractivity contribution in [2.75, 3.05) is 32.5 Å². The van der Waals surface area contributed by atoms with Crippen molar-refractivity contribution in [1.29, 1.82) is 0 Å². The Labute approximate surface area is 145 Å². The first-order valence-corrected chi connectivity index (χ1v) is 8.02. The van der Waals surface area contributed by atoms with Gasteiger partial charge in [-0.1, -0.05) is 12.1 Å². The Morgan fingerprint density at radius 2 is 2.12 bits per heavy atom. The first-order valence-electron chi connectivity index (χ1n) is 8.02. The number of hydrogen-bond acceptors (Lipinski definition) is 6. The second kappa shape index (κ2) is 7.27. The predicted octanol–water partition coefficient (Wildman–Crippen LogP) is 2.90. The lowest BCUT2D eigenvalue weighted by molar-refractivity contribution is -0.384. The molecule has 0 saturated carbocycles. The molecule has 0 amide bonds. The molecule has 2 heterocycles. The van der Waals surface area contributed by atoms with Gasteiger partial charge in [0.05, 0.1) is 10.3 Å². The normalized spacial score (nSPS) is 11.2. The van der Waals surface area contributed by atoms with Crippen molar-refractivity contribution in [2.45, 2.75) is 6.42 Å². The van der Waals surface area contributed by atoms with Gasteiger partial charge in [-0.25, -0.2) is 9.97 Å². The van der Waals surface area contributed by atoms with Crippen molar-refractivity contribution in [2.24, 2.45) is 0 Å². The van der Waals surface area contributed by atoms with Crippen LogP contribution >= 0.6 is 0 Å². The largest absolute Gasteiger partial charge is 0.369 e. The van der Waals surface area contributed by atoms with Gasteiger partial charge in [0.25, 0.3) is 5.69 Å². The highest BCUT2D eigenvalue weighted by atomic mass is 16.6. The van der Waals surface area contributed by atoms with Crippen molar-refractivity contribution in [3.05, 3.63) is 46.8 Å². The van der Waals surface area contributed by atoms with Crippen molar-refractivity contribution in [3.63, 3.8) is 0 Å². The van der Waals surface area contributed by atoms with Crippen molar-refractivity contribution in [1.82, 2.24) is 19.9 Å². The fraction of sp³-hybridized carbons (Fsp3) is 0.294. The Morgan fingerprint density at radius 1 is 1.28 bits per heavy atom. The van der Waals surface area contributed by atoms with Gasteiger partial charge >= 0.3 is 0 Å². The van der Waals surface area contributed by atoms with E-state index in [-0.39, 0.29) is 5.69 Å². The number of hydrogen-bond donors (Lipinski definition) is 2. The molecule has 0 aliphatic rings. The van der Waals surface area contributed by atoms with Crippen LogP contribution in [0.15, 0.2) is 36.7 Å². The summed E-state index contributed by atoms with van der Waals surface area (Å²) >= 11 is 0. The van der Waals surface area contributed by atoms with Gasteiger partial charge in [0.2, 0.25) is 0 Å². The third-order valence-electron chi connectivity index (χ3n) is 3.87. The molecule has 1 aromatic carbocycles. The maximum Gasteiger partial charge on any atom is 0.270 e. The molecule has 0 aliphatic carbocycles. The Hall–Kier alpha value is -3.00. The lowest BCUT2D eigenvalue weighted by Gasteiger charge is -2.10. The fourth-order valence-electron chi connectivity index (χ4n) is 2.63. The molecule has 0 bridgehead atoms. The number of rotatable bonds is 7. The number of fused-ring (bicyclic) bond motifs is 1. The van der Waals surface area contributed by atoms with E-state index < -0.39 is 4.92 Å². The van der Waals surface area contributed by atoms with Crippen LogP contribution in [0.4, 0.5) is 11.5 Å². The van der Waals surface area contributed by atoms with E-state index in [1.165, 1.54) is 12.4 Å². The molecule has 0 fully saturated rings. The van der Waals surface area contributed by atoms with Gasteiger partial charge in [0.15, 0.2) is 0 Å². The molecule has 25 heavy (non-hydrogen) atoms. The lowest BCUT2D eigenvalue weighted by Crippen LogP contribution is -2.16. The number of aromatic amines is 1. The highest BCUT2D eigenvalue weighted by Crippen LogP contribution is 2.28. The van der Waals surface area contributed by atoms with Gasteiger partial charge in [-0.2, -0.15) is 0 Å². The maximum atomic E-state index is 11.0. The molecular weight excluding hydrogens is 320 g/mol. The highest BCUT2D eigenvalue weighted by Gasteiger charge is 2.12. The van der Waals surface area contributed by atoms with E-state index in [0.717, 1.165) is 42.0 Å². The summed E-state index contributed by atoms with van der Waals surface area (Å²) < 4.78 is 0.